The second-order valence-electron chi connectivity index (χ2n) is 7.87. The van der Waals surface area contributed by atoms with Crippen LogP contribution in [-0.4, -0.2) is 61.4 Å². The van der Waals surface area contributed by atoms with Crippen molar-refractivity contribution < 1.29 is 14.3 Å². The van der Waals surface area contributed by atoms with Gasteiger partial charge in [0.05, 0.1) is 7.11 Å². The average Bonchev–Trinajstić information content (AvgIpc) is 3.31. The van der Waals surface area contributed by atoms with Crippen LogP contribution in [0.2, 0.25) is 0 Å². The molecule has 6 nitrogen and oxygen atoms in total. The Morgan fingerprint density at radius 2 is 1.91 bits per heavy atom. The highest BCUT2D eigenvalue weighted by molar-refractivity contribution is 7.98. The summed E-state index contributed by atoms with van der Waals surface area (Å²) in [6, 6.07) is 15.3. The van der Waals surface area contributed by atoms with Crippen molar-refractivity contribution in [3.8, 4) is 11.1 Å². The number of thiol groups is 1. The number of thioether (sulfide) groups is 1. The molecule has 8 heteroatoms. The first-order chi connectivity index (χ1) is 16.5. The summed E-state index contributed by atoms with van der Waals surface area (Å²) in [6.45, 7) is 5.65. The molecule has 0 saturated carbocycles. The highest BCUT2D eigenvalue weighted by Gasteiger charge is 2.23. The van der Waals surface area contributed by atoms with Crippen LogP contribution in [0, 0.1) is 0 Å². The van der Waals surface area contributed by atoms with Crippen LogP contribution in [0.25, 0.3) is 11.1 Å². The molecule has 34 heavy (non-hydrogen) atoms. The van der Waals surface area contributed by atoms with Crippen molar-refractivity contribution in [2.45, 2.75) is 44.0 Å². The van der Waals surface area contributed by atoms with Gasteiger partial charge in [0.2, 0.25) is 0 Å². The molecule has 186 valence electrons. The van der Waals surface area contributed by atoms with Crippen molar-refractivity contribution in [3.63, 3.8) is 0 Å². The van der Waals surface area contributed by atoms with Gasteiger partial charge in [0.1, 0.15) is 6.04 Å². The van der Waals surface area contributed by atoms with E-state index in [0.717, 1.165) is 42.1 Å². The van der Waals surface area contributed by atoms with E-state index in [9.17, 15) is 9.59 Å². The highest BCUT2D eigenvalue weighted by Crippen LogP contribution is 2.25. The number of hydrogen-bond donors (Lipinski definition) is 4. The van der Waals surface area contributed by atoms with Crippen LogP contribution in [0.5, 0.6) is 0 Å². The van der Waals surface area contributed by atoms with Crippen LogP contribution >= 0.6 is 24.4 Å². The van der Waals surface area contributed by atoms with E-state index in [0.29, 0.717) is 23.3 Å². The van der Waals surface area contributed by atoms with Crippen LogP contribution in [0.3, 0.4) is 0 Å². The molecular weight excluding hydrogens is 466 g/mol. The maximum Gasteiger partial charge on any atom is 0.328 e. The molecule has 1 aliphatic rings. The third-order valence-corrected chi connectivity index (χ3v) is 6.49. The lowest BCUT2D eigenvalue weighted by molar-refractivity contribution is -0.142. The first kappa shape index (κ1) is 28.1. The number of nitrogens with one attached hydrogen (secondary N) is 3. The van der Waals surface area contributed by atoms with E-state index >= 15 is 0 Å². The van der Waals surface area contributed by atoms with Gasteiger partial charge in [-0.15, -0.1) is 0 Å². The molecule has 1 unspecified atom stereocenters. The number of carbonyl (C=O) groups is 2. The van der Waals surface area contributed by atoms with Gasteiger partial charge in [0.15, 0.2) is 0 Å². The normalized spacial score (nSPS) is 17.8. The summed E-state index contributed by atoms with van der Waals surface area (Å²) in [6.07, 6.45) is 3.48. The molecule has 1 fully saturated rings. The van der Waals surface area contributed by atoms with Crippen molar-refractivity contribution >= 4 is 42.0 Å². The van der Waals surface area contributed by atoms with E-state index < -0.39 is 12.0 Å². The van der Waals surface area contributed by atoms with Gasteiger partial charge in [-0.3, -0.25) is 4.79 Å². The molecule has 0 bridgehead atoms. The van der Waals surface area contributed by atoms with E-state index in [1.807, 2.05) is 68.6 Å². The standard InChI is InChI=1S/C24H31N3O3S2.C2H6/c1-30-24(29)22(8-9-32-2)27-23(28)18-10-17(16-6-4-3-5-7-16)11-19(12-18)25-14-20-13-21(31)15-26-20;1-2/h3-7,10-12,20-22,25-26,31H,8-9,13-15H2,1-2H3,(H,27,28);1-2H3/t20-,21-,22?;/m0./s1. The van der Waals surface area contributed by atoms with Crippen molar-refractivity contribution in [1.29, 1.82) is 0 Å². The Labute approximate surface area is 213 Å². The van der Waals surface area contributed by atoms with E-state index in [2.05, 4.69) is 28.6 Å². The lowest BCUT2D eigenvalue weighted by Crippen LogP contribution is -2.42. The minimum Gasteiger partial charge on any atom is -0.467 e. The summed E-state index contributed by atoms with van der Waals surface area (Å²) in [5, 5.41) is 10.1. The van der Waals surface area contributed by atoms with Crippen LogP contribution in [0.1, 0.15) is 37.0 Å². The summed E-state index contributed by atoms with van der Waals surface area (Å²) >= 11 is 6.16. The zero-order valence-corrected chi connectivity index (χ0v) is 22.2. The Bertz CT molecular complexity index is 911. The summed E-state index contributed by atoms with van der Waals surface area (Å²) < 4.78 is 4.88. The number of esters is 1. The molecule has 3 rings (SSSR count). The number of amides is 1. The molecule has 1 amide bonds. The molecule has 1 aliphatic heterocycles. The highest BCUT2D eigenvalue weighted by atomic mass is 32.2. The molecule has 2 aromatic rings. The topological polar surface area (TPSA) is 79.5 Å². The van der Waals surface area contributed by atoms with Crippen LogP contribution in [0.4, 0.5) is 5.69 Å². The van der Waals surface area contributed by atoms with Gasteiger partial charge in [-0.2, -0.15) is 24.4 Å². The van der Waals surface area contributed by atoms with Gasteiger partial charge in [-0.1, -0.05) is 44.2 Å². The monoisotopic (exact) mass is 503 g/mol. The van der Waals surface area contributed by atoms with Crippen LogP contribution < -0.4 is 16.0 Å². The van der Waals surface area contributed by atoms with E-state index in [1.54, 1.807) is 11.8 Å². The fourth-order valence-electron chi connectivity index (χ4n) is 3.72. The lowest BCUT2D eigenvalue weighted by atomic mass is 10.0. The lowest BCUT2D eigenvalue weighted by Gasteiger charge is -2.18. The minimum absolute atomic E-state index is 0.295. The van der Waals surface area contributed by atoms with Gasteiger partial charge < -0.3 is 20.7 Å². The Morgan fingerprint density at radius 3 is 2.53 bits per heavy atom. The number of ether oxygens (including phenoxy) is 1. The summed E-state index contributed by atoms with van der Waals surface area (Å²) in [5.41, 5.74) is 3.32. The molecule has 3 atom stereocenters. The van der Waals surface area contributed by atoms with Gasteiger partial charge in [-0.05, 0) is 54.2 Å². The predicted molar refractivity (Wildman–Crippen MR) is 147 cm³/mol. The van der Waals surface area contributed by atoms with E-state index in [4.69, 9.17) is 4.74 Å². The zero-order chi connectivity index (χ0) is 24.9. The number of benzene rings is 2. The second kappa shape index (κ2) is 15.0. The number of carbonyl (C=O) groups excluding carboxylic acids is 2. The van der Waals surface area contributed by atoms with Crippen LogP contribution in [-0.2, 0) is 9.53 Å². The van der Waals surface area contributed by atoms with Crippen molar-refractivity contribution in [3.05, 3.63) is 54.1 Å². The SMILES string of the molecule is CC.COC(=O)C(CCSC)NC(=O)c1cc(NC[C@@H]2C[C@H](S)CN2)cc(-c2ccccc2)c1. The van der Waals surface area contributed by atoms with E-state index in [-0.39, 0.29) is 5.91 Å². The molecule has 0 aromatic heterocycles. The summed E-state index contributed by atoms with van der Waals surface area (Å²) in [4.78, 5) is 25.2. The van der Waals surface area contributed by atoms with E-state index in [1.165, 1.54) is 7.11 Å². The van der Waals surface area contributed by atoms with Gasteiger partial charge in [-0.25, -0.2) is 4.79 Å². The Hall–Kier alpha value is -2.16. The quantitative estimate of drug-likeness (QED) is 0.283. The predicted octanol–water partition coefficient (Wildman–Crippen LogP) is 4.48. The van der Waals surface area contributed by atoms with Gasteiger partial charge in [0, 0.05) is 35.6 Å². The van der Waals surface area contributed by atoms with Crippen molar-refractivity contribution in [2.24, 2.45) is 0 Å². The Morgan fingerprint density at radius 1 is 1.18 bits per heavy atom. The van der Waals surface area contributed by atoms with Gasteiger partial charge in [0.25, 0.3) is 5.91 Å². The van der Waals surface area contributed by atoms with Gasteiger partial charge >= 0.3 is 5.97 Å². The average molecular weight is 504 g/mol. The molecule has 0 radical (unpaired) electrons. The van der Waals surface area contributed by atoms with Crippen molar-refractivity contribution in [2.75, 3.05) is 37.5 Å². The van der Waals surface area contributed by atoms with Crippen LogP contribution in [0.15, 0.2) is 48.5 Å². The third kappa shape index (κ3) is 8.56. The molecule has 1 heterocycles. The Balaban J connectivity index is 0.00000199. The molecule has 3 N–H and O–H groups in total. The summed E-state index contributed by atoms with van der Waals surface area (Å²) in [7, 11) is 1.34. The number of methoxy groups -OCH3 is 1. The number of anilines is 1. The third-order valence-electron chi connectivity index (χ3n) is 5.46. The summed E-state index contributed by atoms with van der Waals surface area (Å²) in [5.74, 6) is 0.0209. The zero-order valence-electron chi connectivity index (χ0n) is 20.5. The first-order valence-electron chi connectivity index (χ1n) is 11.7. The van der Waals surface area contributed by atoms with Crippen molar-refractivity contribution in [1.82, 2.24) is 10.6 Å². The fourth-order valence-corrected chi connectivity index (χ4v) is 4.55. The minimum atomic E-state index is -0.674. The fraction of sp³-hybridized carbons (Fsp3) is 0.462. The molecule has 1 saturated heterocycles. The molecule has 0 spiro atoms. The number of hydrogen-bond acceptors (Lipinski definition) is 7. The maximum absolute atomic E-state index is 13.1. The number of rotatable bonds is 10. The molecule has 0 aliphatic carbocycles. The second-order valence-corrected chi connectivity index (χ2v) is 9.59. The Kier molecular flexibility index (Phi) is 12.4. The smallest absolute Gasteiger partial charge is 0.328 e. The molecular formula is C26H37N3O3S2. The first-order valence-corrected chi connectivity index (χ1v) is 13.6. The largest absolute Gasteiger partial charge is 0.467 e. The maximum atomic E-state index is 13.1. The molecule has 2 aromatic carbocycles.